The van der Waals surface area contributed by atoms with E-state index in [4.69, 9.17) is 11.6 Å². The van der Waals surface area contributed by atoms with Gasteiger partial charge in [-0.1, -0.05) is 30.8 Å². The first kappa shape index (κ1) is 8.83. The largest absolute Gasteiger partial charge is 0.122 e. The van der Waals surface area contributed by atoms with E-state index in [-0.39, 0.29) is 0 Å². The van der Waals surface area contributed by atoms with Crippen molar-refractivity contribution < 1.29 is 0 Å². The molecule has 1 aromatic rings. The predicted molar refractivity (Wildman–Crippen MR) is 58.2 cm³/mol. The summed E-state index contributed by atoms with van der Waals surface area (Å²) >= 11 is 5.73. The number of benzene rings is 1. The molecule has 1 aliphatic rings. The Hall–Kier alpha value is -0.750. The SMILES string of the molecule is C=C(CCl)c1cccc(C2CC2)c1. The molecular weight excluding hydrogens is 180 g/mol. The molecular formula is C12H13Cl. The molecule has 0 unspecified atom stereocenters. The molecule has 0 aliphatic heterocycles. The summed E-state index contributed by atoms with van der Waals surface area (Å²) in [5.41, 5.74) is 3.66. The van der Waals surface area contributed by atoms with Crippen LogP contribution in [0.5, 0.6) is 0 Å². The Morgan fingerprint density at radius 3 is 2.85 bits per heavy atom. The van der Waals surface area contributed by atoms with Gasteiger partial charge in [0.1, 0.15) is 0 Å². The van der Waals surface area contributed by atoms with Crippen LogP contribution in [0.1, 0.15) is 29.9 Å². The molecule has 0 N–H and O–H groups in total. The summed E-state index contributed by atoms with van der Waals surface area (Å²) in [6.07, 6.45) is 2.69. The second-order valence-electron chi connectivity index (χ2n) is 3.64. The molecule has 0 bridgehead atoms. The Morgan fingerprint density at radius 1 is 1.46 bits per heavy atom. The van der Waals surface area contributed by atoms with E-state index in [2.05, 4.69) is 30.8 Å². The van der Waals surface area contributed by atoms with Crippen molar-refractivity contribution in [3.05, 3.63) is 42.0 Å². The van der Waals surface area contributed by atoms with Gasteiger partial charge in [0, 0.05) is 5.88 Å². The van der Waals surface area contributed by atoms with E-state index in [1.807, 2.05) is 0 Å². The molecule has 1 saturated carbocycles. The Bertz CT molecular complexity index is 324. The first-order valence-electron chi connectivity index (χ1n) is 4.65. The number of hydrogen-bond donors (Lipinski definition) is 0. The van der Waals surface area contributed by atoms with Gasteiger partial charge in [0.2, 0.25) is 0 Å². The molecule has 1 heteroatoms. The van der Waals surface area contributed by atoms with Gasteiger partial charge >= 0.3 is 0 Å². The molecule has 0 radical (unpaired) electrons. The lowest BCUT2D eigenvalue weighted by molar-refractivity contribution is 1.13. The number of alkyl halides is 1. The number of allylic oxidation sites excluding steroid dienone is 1. The maximum absolute atomic E-state index is 5.73. The van der Waals surface area contributed by atoms with Gasteiger partial charge in [0.05, 0.1) is 0 Å². The summed E-state index contributed by atoms with van der Waals surface area (Å²) in [7, 11) is 0. The molecule has 0 aromatic heterocycles. The lowest BCUT2D eigenvalue weighted by Crippen LogP contribution is -1.86. The van der Waals surface area contributed by atoms with Gasteiger partial charge in [-0.2, -0.15) is 0 Å². The highest BCUT2D eigenvalue weighted by Gasteiger charge is 2.23. The van der Waals surface area contributed by atoms with Gasteiger partial charge in [-0.25, -0.2) is 0 Å². The quantitative estimate of drug-likeness (QED) is 0.639. The molecule has 0 amide bonds. The van der Waals surface area contributed by atoms with Crippen molar-refractivity contribution >= 4 is 17.2 Å². The molecule has 0 saturated heterocycles. The third-order valence-electron chi connectivity index (χ3n) is 2.50. The molecule has 2 rings (SSSR count). The summed E-state index contributed by atoms with van der Waals surface area (Å²) in [5.74, 6) is 1.33. The van der Waals surface area contributed by atoms with E-state index in [1.165, 1.54) is 24.0 Å². The summed E-state index contributed by atoms with van der Waals surface area (Å²) in [6.45, 7) is 3.93. The third kappa shape index (κ3) is 1.94. The monoisotopic (exact) mass is 192 g/mol. The third-order valence-corrected chi connectivity index (χ3v) is 2.83. The smallest absolute Gasteiger partial charge is 0.0474 e. The summed E-state index contributed by atoms with van der Waals surface area (Å²) in [6, 6.07) is 8.60. The van der Waals surface area contributed by atoms with Gasteiger partial charge < -0.3 is 0 Å². The van der Waals surface area contributed by atoms with Crippen molar-refractivity contribution in [2.45, 2.75) is 18.8 Å². The molecule has 0 heterocycles. The van der Waals surface area contributed by atoms with Gasteiger partial charge in [-0.15, -0.1) is 11.6 Å². The maximum Gasteiger partial charge on any atom is 0.0474 e. The van der Waals surface area contributed by atoms with Crippen LogP contribution in [0.25, 0.3) is 5.57 Å². The van der Waals surface area contributed by atoms with Gasteiger partial charge in [-0.3, -0.25) is 0 Å². The fourth-order valence-electron chi connectivity index (χ4n) is 1.51. The fraction of sp³-hybridized carbons (Fsp3) is 0.333. The molecule has 1 aliphatic carbocycles. The van der Waals surface area contributed by atoms with Crippen LogP contribution in [-0.2, 0) is 0 Å². The van der Waals surface area contributed by atoms with Gasteiger partial charge in [0.15, 0.2) is 0 Å². The second kappa shape index (κ2) is 3.55. The van der Waals surface area contributed by atoms with Gasteiger partial charge in [-0.05, 0) is 35.5 Å². The summed E-state index contributed by atoms with van der Waals surface area (Å²) in [5, 5.41) is 0. The van der Waals surface area contributed by atoms with Crippen LogP contribution >= 0.6 is 11.6 Å². The predicted octanol–water partition coefficient (Wildman–Crippen LogP) is 3.82. The zero-order valence-corrected chi connectivity index (χ0v) is 8.35. The average molecular weight is 193 g/mol. The number of hydrogen-bond acceptors (Lipinski definition) is 0. The van der Waals surface area contributed by atoms with Crippen LogP contribution in [-0.4, -0.2) is 5.88 Å². The van der Waals surface area contributed by atoms with Crippen molar-refractivity contribution in [1.82, 2.24) is 0 Å². The highest BCUT2D eigenvalue weighted by molar-refractivity contribution is 6.23. The highest BCUT2D eigenvalue weighted by Crippen LogP contribution is 2.40. The fourth-order valence-corrected chi connectivity index (χ4v) is 1.66. The van der Waals surface area contributed by atoms with Crippen LogP contribution in [0.3, 0.4) is 0 Å². The van der Waals surface area contributed by atoms with Crippen LogP contribution in [0, 0.1) is 0 Å². The van der Waals surface area contributed by atoms with E-state index in [0.717, 1.165) is 11.5 Å². The van der Waals surface area contributed by atoms with Crippen molar-refractivity contribution in [2.24, 2.45) is 0 Å². The normalized spacial score (nSPS) is 15.8. The Labute approximate surface area is 84.2 Å². The highest BCUT2D eigenvalue weighted by atomic mass is 35.5. The molecule has 0 atom stereocenters. The maximum atomic E-state index is 5.73. The molecule has 13 heavy (non-hydrogen) atoms. The van der Waals surface area contributed by atoms with E-state index in [9.17, 15) is 0 Å². The minimum absolute atomic E-state index is 0.522. The molecule has 0 spiro atoms. The first-order valence-corrected chi connectivity index (χ1v) is 5.19. The lowest BCUT2D eigenvalue weighted by Gasteiger charge is -2.04. The van der Waals surface area contributed by atoms with Crippen LogP contribution in [0.4, 0.5) is 0 Å². The Morgan fingerprint density at radius 2 is 2.23 bits per heavy atom. The van der Waals surface area contributed by atoms with Crippen LogP contribution < -0.4 is 0 Å². The summed E-state index contributed by atoms with van der Waals surface area (Å²) in [4.78, 5) is 0. The van der Waals surface area contributed by atoms with Crippen molar-refractivity contribution in [1.29, 1.82) is 0 Å². The Kier molecular flexibility index (Phi) is 2.41. The first-order chi connectivity index (χ1) is 6.31. The van der Waals surface area contributed by atoms with Crippen LogP contribution in [0.2, 0.25) is 0 Å². The van der Waals surface area contributed by atoms with E-state index < -0.39 is 0 Å². The topological polar surface area (TPSA) is 0 Å². The van der Waals surface area contributed by atoms with E-state index in [1.54, 1.807) is 0 Å². The van der Waals surface area contributed by atoms with E-state index in [0.29, 0.717) is 5.88 Å². The van der Waals surface area contributed by atoms with Gasteiger partial charge in [0.25, 0.3) is 0 Å². The molecule has 0 nitrogen and oxygen atoms in total. The zero-order valence-electron chi connectivity index (χ0n) is 7.59. The average Bonchev–Trinajstić information content (AvgIpc) is 3.00. The summed E-state index contributed by atoms with van der Waals surface area (Å²) < 4.78 is 0. The minimum atomic E-state index is 0.522. The number of rotatable bonds is 3. The minimum Gasteiger partial charge on any atom is -0.122 e. The molecule has 1 fully saturated rings. The zero-order chi connectivity index (χ0) is 9.26. The lowest BCUT2D eigenvalue weighted by atomic mass is 10.0. The van der Waals surface area contributed by atoms with E-state index >= 15 is 0 Å². The Balaban J connectivity index is 2.26. The molecule has 1 aromatic carbocycles. The standard InChI is InChI=1S/C12H13Cl/c1-9(8-13)11-3-2-4-12(7-11)10-5-6-10/h2-4,7,10H,1,5-6,8H2. The van der Waals surface area contributed by atoms with Crippen molar-refractivity contribution in [3.63, 3.8) is 0 Å². The second-order valence-corrected chi connectivity index (χ2v) is 3.90. The van der Waals surface area contributed by atoms with Crippen LogP contribution in [0.15, 0.2) is 30.8 Å². The van der Waals surface area contributed by atoms with Crippen molar-refractivity contribution in [3.8, 4) is 0 Å². The van der Waals surface area contributed by atoms with Crippen molar-refractivity contribution in [2.75, 3.05) is 5.88 Å². The molecule has 68 valence electrons. The number of halogens is 1.